The number of aromatic nitrogens is 2. The maximum absolute atomic E-state index is 12.3. The zero-order valence-electron chi connectivity index (χ0n) is 22.8. The second kappa shape index (κ2) is 13.7. The van der Waals surface area contributed by atoms with E-state index >= 15 is 0 Å². The highest BCUT2D eigenvalue weighted by Gasteiger charge is 2.19. The van der Waals surface area contributed by atoms with Crippen LogP contribution in [0.4, 0.5) is 11.5 Å². The summed E-state index contributed by atoms with van der Waals surface area (Å²) in [7, 11) is 1.62. The van der Waals surface area contributed by atoms with Gasteiger partial charge in [-0.05, 0) is 56.0 Å². The number of hydrogen-bond acceptors (Lipinski definition) is 7. The van der Waals surface area contributed by atoms with Crippen molar-refractivity contribution in [2.45, 2.75) is 46.0 Å². The molecule has 1 fully saturated rings. The lowest BCUT2D eigenvalue weighted by Gasteiger charge is -2.29. The molecule has 1 aromatic heterocycles. The van der Waals surface area contributed by atoms with Crippen LogP contribution in [0, 0.1) is 0 Å². The lowest BCUT2D eigenvalue weighted by atomic mass is 10.1. The summed E-state index contributed by atoms with van der Waals surface area (Å²) in [5.41, 5.74) is 9.01. The van der Waals surface area contributed by atoms with Gasteiger partial charge in [0.05, 0.1) is 17.9 Å². The molecular weight excluding hydrogens is 482 g/mol. The fourth-order valence-corrected chi connectivity index (χ4v) is 4.10. The van der Waals surface area contributed by atoms with Crippen molar-refractivity contribution in [3.05, 3.63) is 59.1 Å². The number of anilines is 2. The van der Waals surface area contributed by atoms with Crippen LogP contribution in [0.5, 0.6) is 0 Å². The summed E-state index contributed by atoms with van der Waals surface area (Å²) in [5, 5.41) is 6.06. The molecule has 2 heterocycles. The van der Waals surface area contributed by atoms with E-state index in [0.29, 0.717) is 25.2 Å². The smallest absolute Gasteiger partial charge is 0.271 e. The molecule has 0 radical (unpaired) electrons. The maximum Gasteiger partial charge on any atom is 0.271 e. The molecule has 1 aliphatic rings. The molecule has 0 saturated carbocycles. The third-order valence-corrected chi connectivity index (χ3v) is 6.37. The number of carbonyl (C=O) groups excluding carboxylic acids is 3. The molecule has 2 aromatic rings. The van der Waals surface area contributed by atoms with E-state index in [-0.39, 0.29) is 30.0 Å². The number of primary amides is 1. The van der Waals surface area contributed by atoms with Crippen molar-refractivity contribution in [3.63, 3.8) is 0 Å². The number of likely N-dealkylation sites (N-methyl/N-ethyl adjacent to an activating group) is 1. The average molecular weight is 522 g/mol. The first kappa shape index (κ1) is 28.8. The number of carbonyl (C=O) groups is 3. The van der Waals surface area contributed by atoms with Gasteiger partial charge in [-0.25, -0.2) is 9.97 Å². The van der Waals surface area contributed by atoms with Crippen LogP contribution in [0.3, 0.4) is 0 Å². The quantitative estimate of drug-likeness (QED) is 0.345. The van der Waals surface area contributed by atoms with Gasteiger partial charge in [-0.2, -0.15) is 0 Å². The number of likely N-dealkylation sites (tertiary alicyclic amines) is 1. The third kappa shape index (κ3) is 8.11. The largest absolute Gasteiger partial charge is 0.364 e. The van der Waals surface area contributed by atoms with Crippen molar-refractivity contribution in [3.8, 4) is 0 Å². The summed E-state index contributed by atoms with van der Waals surface area (Å²) in [6, 6.07) is 7.64. The number of hydrogen-bond donors (Lipinski definition) is 3. The van der Waals surface area contributed by atoms with Crippen molar-refractivity contribution >= 4 is 29.2 Å². The normalized spacial score (nSPS) is 13.4. The van der Waals surface area contributed by atoms with E-state index in [4.69, 9.17) is 5.73 Å². The summed E-state index contributed by atoms with van der Waals surface area (Å²) in [4.78, 5) is 49.4. The topological polar surface area (TPSA) is 134 Å². The van der Waals surface area contributed by atoms with E-state index in [1.807, 2.05) is 51.1 Å². The highest BCUT2D eigenvalue weighted by atomic mass is 16.2. The van der Waals surface area contributed by atoms with Crippen LogP contribution in [0.15, 0.2) is 36.4 Å². The lowest BCUT2D eigenvalue weighted by Crippen LogP contribution is -2.39. The number of benzene rings is 1. The van der Waals surface area contributed by atoms with Gasteiger partial charge in [0.25, 0.3) is 5.91 Å². The summed E-state index contributed by atoms with van der Waals surface area (Å²) in [6.07, 6.45) is 5.82. The van der Waals surface area contributed by atoms with E-state index in [2.05, 4.69) is 25.5 Å². The molecule has 10 heteroatoms. The van der Waals surface area contributed by atoms with Crippen LogP contribution in [0.25, 0.3) is 0 Å². The minimum Gasteiger partial charge on any atom is -0.364 e. The van der Waals surface area contributed by atoms with Crippen LogP contribution in [0.1, 0.15) is 60.5 Å². The highest BCUT2D eigenvalue weighted by molar-refractivity contribution is 5.96. The predicted molar refractivity (Wildman–Crippen MR) is 148 cm³/mol. The van der Waals surface area contributed by atoms with Crippen LogP contribution in [-0.2, 0) is 22.4 Å². The van der Waals surface area contributed by atoms with E-state index in [0.717, 1.165) is 42.3 Å². The van der Waals surface area contributed by atoms with E-state index in [9.17, 15) is 14.4 Å². The summed E-state index contributed by atoms with van der Waals surface area (Å²) >= 11 is 0. The fraction of sp³-hybridized carbons (Fsp3) is 0.464. The van der Waals surface area contributed by atoms with Crippen LogP contribution in [-0.4, -0.2) is 77.3 Å². The molecule has 1 saturated heterocycles. The zero-order valence-corrected chi connectivity index (χ0v) is 22.8. The predicted octanol–water partition coefficient (Wildman–Crippen LogP) is 2.38. The van der Waals surface area contributed by atoms with E-state index in [1.54, 1.807) is 7.05 Å². The number of nitrogens with two attached hydrogens (primary N) is 1. The molecule has 10 nitrogen and oxygen atoms in total. The number of nitrogens with one attached hydrogen (secondary N) is 2. The Labute approximate surface area is 224 Å². The van der Waals surface area contributed by atoms with E-state index < -0.39 is 5.91 Å². The minimum absolute atomic E-state index is 0.00497. The maximum atomic E-state index is 12.3. The van der Waals surface area contributed by atoms with Gasteiger partial charge >= 0.3 is 0 Å². The average Bonchev–Trinajstić information content (AvgIpc) is 2.85. The molecule has 0 unspecified atom stereocenters. The van der Waals surface area contributed by atoms with Gasteiger partial charge in [-0.1, -0.05) is 39.0 Å². The molecule has 204 valence electrons. The molecule has 1 aliphatic heterocycles. The Balaban J connectivity index is 1.54. The third-order valence-electron chi connectivity index (χ3n) is 6.37. The first-order chi connectivity index (χ1) is 18.2. The van der Waals surface area contributed by atoms with Crippen molar-refractivity contribution in [2.75, 3.05) is 45.1 Å². The number of rotatable bonds is 13. The Morgan fingerprint density at radius 3 is 2.61 bits per heavy atom. The zero-order chi connectivity index (χ0) is 27.7. The summed E-state index contributed by atoms with van der Waals surface area (Å²) in [6.45, 7) is 9.36. The first-order valence-electron chi connectivity index (χ1n) is 13.1. The molecule has 0 atom stereocenters. The van der Waals surface area contributed by atoms with Gasteiger partial charge in [-0.3, -0.25) is 19.3 Å². The van der Waals surface area contributed by atoms with Crippen LogP contribution in [0.2, 0.25) is 0 Å². The van der Waals surface area contributed by atoms with Gasteiger partial charge in [0.15, 0.2) is 11.5 Å². The number of amides is 3. The van der Waals surface area contributed by atoms with Gasteiger partial charge in [0.1, 0.15) is 0 Å². The molecule has 1 aromatic carbocycles. The monoisotopic (exact) mass is 521 g/mol. The first-order valence-corrected chi connectivity index (χ1v) is 13.1. The van der Waals surface area contributed by atoms with Crippen molar-refractivity contribution in [1.29, 1.82) is 0 Å². The SMILES string of the molecule is CCc1nc(C(N)=O)c(Nc2cccc(CCNC(=O)CN(C)C(=O)/C=C/CN3CCC3)c2)nc1C(C)C. The standard InChI is InChI=1S/C28H39N7O3/c1-5-22-25(19(2)3)33-28(26(32-22)27(29)38)31-21-10-6-9-20(17-21)12-13-30-23(36)18-34(4)24(37)11-7-14-35-15-8-16-35/h6-7,9-11,17,19H,5,8,12-16,18H2,1-4H3,(H2,29,38)(H,30,36)(H,31,33)/b11-7+. The number of aryl methyl sites for hydroxylation is 1. The Kier molecular flexibility index (Phi) is 10.3. The Hall–Kier alpha value is -3.79. The summed E-state index contributed by atoms with van der Waals surface area (Å²) in [5.74, 6) is -0.574. The Morgan fingerprint density at radius 2 is 1.97 bits per heavy atom. The Morgan fingerprint density at radius 1 is 1.21 bits per heavy atom. The van der Waals surface area contributed by atoms with Gasteiger partial charge < -0.3 is 21.3 Å². The van der Waals surface area contributed by atoms with Gasteiger partial charge in [0.2, 0.25) is 11.8 Å². The summed E-state index contributed by atoms with van der Waals surface area (Å²) < 4.78 is 0. The molecule has 0 aliphatic carbocycles. The molecule has 38 heavy (non-hydrogen) atoms. The van der Waals surface area contributed by atoms with Gasteiger partial charge in [0, 0.05) is 31.9 Å². The molecule has 0 bridgehead atoms. The number of nitrogens with zero attached hydrogens (tertiary/aromatic N) is 4. The van der Waals surface area contributed by atoms with Crippen molar-refractivity contribution < 1.29 is 14.4 Å². The minimum atomic E-state index is -0.640. The van der Waals surface area contributed by atoms with Crippen molar-refractivity contribution in [2.24, 2.45) is 5.73 Å². The Bertz CT molecular complexity index is 1180. The molecule has 3 rings (SSSR count). The molecule has 4 N–H and O–H groups in total. The highest BCUT2D eigenvalue weighted by Crippen LogP contribution is 2.24. The van der Waals surface area contributed by atoms with Crippen molar-refractivity contribution in [1.82, 2.24) is 25.1 Å². The fourth-order valence-electron chi connectivity index (χ4n) is 4.10. The molecule has 3 amide bonds. The van der Waals surface area contributed by atoms with Crippen LogP contribution < -0.4 is 16.4 Å². The van der Waals surface area contributed by atoms with Gasteiger partial charge in [-0.15, -0.1) is 0 Å². The lowest BCUT2D eigenvalue weighted by molar-refractivity contribution is -0.131. The molecule has 0 spiro atoms. The molecular formula is C28H39N7O3. The second-order valence-electron chi connectivity index (χ2n) is 9.80. The van der Waals surface area contributed by atoms with E-state index in [1.165, 1.54) is 17.4 Å². The second-order valence-corrected chi connectivity index (χ2v) is 9.80. The van der Waals surface area contributed by atoms with Crippen LogP contribution >= 0.6 is 0 Å².